The van der Waals surface area contributed by atoms with E-state index >= 15 is 0 Å². The van der Waals surface area contributed by atoms with E-state index in [1.807, 2.05) is 61.4 Å². The first-order valence-corrected chi connectivity index (χ1v) is 14.2. The van der Waals surface area contributed by atoms with Gasteiger partial charge in [-0.15, -0.1) is 0 Å². The highest BCUT2D eigenvalue weighted by atomic mass is 35.5. The van der Waals surface area contributed by atoms with Crippen LogP contribution in [0.15, 0.2) is 47.4 Å². The Labute approximate surface area is 236 Å². The monoisotopic (exact) mass is 557 g/mol. The van der Waals surface area contributed by atoms with Gasteiger partial charge in [0.25, 0.3) is 5.56 Å². The van der Waals surface area contributed by atoms with Gasteiger partial charge in [-0.3, -0.25) is 18.7 Å². The molecule has 2 aliphatic heterocycles. The van der Waals surface area contributed by atoms with Crippen molar-refractivity contribution in [2.24, 2.45) is 20.0 Å². The van der Waals surface area contributed by atoms with Crippen LogP contribution in [-0.4, -0.2) is 48.3 Å². The fourth-order valence-electron chi connectivity index (χ4n) is 6.81. The molecule has 5 heterocycles. The molecular formula is C30H32ClN7O2. The molecule has 2 saturated heterocycles. The minimum Gasteiger partial charge on any atom is -0.497 e. The Hall–Kier alpha value is -3.85. The van der Waals surface area contributed by atoms with E-state index in [4.69, 9.17) is 26.4 Å². The molecule has 0 N–H and O–H groups in total. The van der Waals surface area contributed by atoms with Crippen LogP contribution in [0.4, 0.5) is 5.95 Å². The van der Waals surface area contributed by atoms with Gasteiger partial charge in [-0.05, 0) is 61.4 Å². The van der Waals surface area contributed by atoms with Crippen LogP contribution >= 0.6 is 11.6 Å². The maximum absolute atomic E-state index is 14.2. The van der Waals surface area contributed by atoms with Gasteiger partial charge in [-0.2, -0.15) is 15.2 Å². The lowest BCUT2D eigenvalue weighted by Crippen LogP contribution is -2.45. The predicted octanol–water partition coefficient (Wildman–Crippen LogP) is 5.16. The molecule has 3 atom stereocenters. The van der Waals surface area contributed by atoms with Gasteiger partial charge in [0.05, 0.1) is 29.9 Å². The molecule has 2 aliphatic rings. The average Bonchev–Trinajstić information content (AvgIpc) is 3.58. The number of fused-ring (bicyclic) bond motifs is 4. The van der Waals surface area contributed by atoms with Crippen LogP contribution in [0.25, 0.3) is 33.2 Å². The highest BCUT2D eigenvalue weighted by molar-refractivity contribution is 6.38. The zero-order valence-corrected chi connectivity index (χ0v) is 23.9. The number of hydrogen-bond acceptors (Lipinski definition) is 6. The average molecular weight is 558 g/mol. The summed E-state index contributed by atoms with van der Waals surface area (Å²) in [5, 5.41) is 11.3. The normalized spacial score (nSPS) is 20.6. The van der Waals surface area contributed by atoms with E-state index < -0.39 is 0 Å². The number of piperidine rings is 1. The third-order valence-electron chi connectivity index (χ3n) is 8.64. The molecule has 206 valence electrons. The van der Waals surface area contributed by atoms with E-state index in [9.17, 15) is 4.79 Å². The Bertz CT molecular complexity index is 1810. The number of ether oxygens (including phenoxy) is 1. The Morgan fingerprint density at radius 3 is 2.45 bits per heavy atom. The lowest BCUT2D eigenvalue weighted by atomic mass is 9.93. The van der Waals surface area contributed by atoms with Gasteiger partial charge in [0.2, 0.25) is 5.95 Å². The van der Waals surface area contributed by atoms with Crippen molar-refractivity contribution in [2.75, 3.05) is 12.0 Å². The van der Waals surface area contributed by atoms with Crippen molar-refractivity contribution in [2.45, 2.75) is 51.2 Å². The van der Waals surface area contributed by atoms with Gasteiger partial charge >= 0.3 is 0 Å². The Morgan fingerprint density at radius 2 is 1.75 bits per heavy atom. The summed E-state index contributed by atoms with van der Waals surface area (Å²) in [5.74, 6) is 2.19. The van der Waals surface area contributed by atoms with Crippen LogP contribution in [0.1, 0.15) is 38.2 Å². The minimum atomic E-state index is -0.114. The second-order valence-corrected chi connectivity index (χ2v) is 11.7. The van der Waals surface area contributed by atoms with E-state index in [1.165, 1.54) is 0 Å². The first kappa shape index (κ1) is 25.1. The van der Waals surface area contributed by atoms with Gasteiger partial charge in [0, 0.05) is 43.3 Å². The molecule has 0 aliphatic carbocycles. The zero-order valence-electron chi connectivity index (χ0n) is 23.1. The Balaban J connectivity index is 1.44. The summed E-state index contributed by atoms with van der Waals surface area (Å²) in [6, 6.07) is 12.5. The highest BCUT2D eigenvalue weighted by Gasteiger charge is 2.41. The first-order valence-electron chi connectivity index (χ1n) is 13.8. The van der Waals surface area contributed by atoms with Crippen LogP contribution in [-0.2, 0) is 20.6 Å². The van der Waals surface area contributed by atoms with Crippen molar-refractivity contribution in [1.82, 2.24) is 29.1 Å². The molecule has 0 amide bonds. The standard InChI is InChI=1S/C30H32ClN7O2/c1-17-13-19-7-8-20(14-17)38(19)30-32-28-25(29(39)36(30)3)27(22-11-12-24-23(26(22)31)16-35(2)33-24)37(34-28)15-18-5-9-21(40-4)10-6-18/h5-6,9-12,16-17,19-20H,7-8,13-15H2,1-4H3/t17-,19-,20+. The van der Waals surface area contributed by atoms with Gasteiger partial charge in [-0.25, -0.2) is 0 Å². The molecule has 2 aromatic carbocycles. The van der Waals surface area contributed by atoms with Crippen molar-refractivity contribution in [3.63, 3.8) is 0 Å². The van der Waals surface area contributed by atoms with Gasteiger partial charge in [0.15, 0.2) is 5.65 Å². The molecule has 3 aromatic heterocycles. The number of halogens is 1. The molecule has 0 spiro atoms. The largest absolute Gasteiger partial charge is 0.497 e. The summed E-state index contributed by atoms with van der Waals surface area (Å²) in [4.78, 5) is 21.6. The van der Waals surface area contributed by atoms with Crippen LogP contribution in [0.2, 0.25) is 5.02 Å². The molecule has 0 unspecified atom stereocenters. The van der Waals surface area contributed by atoms with Crippen LogP contribution in [0.3, 0.4) is 0 Å². The third kappa shape index (κ3) is 3.90. The van der Waals surface area contributed by atoms with Crippen molar-refractivity contribution in [1.29, 1.82) is 0 Å². The quantitative estimate of drug-likeness (QED) is 0.297. The summed E-state index contributed by atoms with van der Waals surface area (Å²) < 4.78 is 10.7. The van der Waals surface area contributed by atoms with Crippen LogP contribution in [0, 0.1) is 5.92 Å². The lowest BCUT2D eigenvalue weighted by Gasteiger charge is -2.39. The number of methoxy groups -OCH3 is 1. The van der Waals surface area contributed by atoms with Crippen molar-refractivity contribution >= 4 is 39.5 Å². The summed E-state index contributed by atoms with van der Waals surface area (Å²) in [5.41, 5.74) is 3.55. The van der Waals surface area contributed by atoms with Crippen molar-refractivity contribution in [3.05, 3.63) is 63.5 Å². The number of nitrogens with zero attached hydrogens (tertiary/aromatic N) is 7. The van der Waals surface area contributed by atoms with E-state index in [1.54, 1.807) is 16.4 Å². The van der Waals surface area contributed by atoms with Crippen LogP contribution < -0.4 is 15.2 Å². The molecule has 9 nitrogen and oxygen atoms in total. The van der Waals surface area contributed by atoms with Crippen molar-refractivity contribution in [3.8, 4) is 17.0 Å². The Morgan fingerprint density at radius 1 is 1.02 bits per heavy atom. The van der Waals surface area contributed by atoms with E-state index in [0.29, 0.717) is 52.2 Å². The van der Waals surface area contributed by atoms with E-state index in [2.05, 4.69) is 16.9 Å². The first-order chi connectivity index (χ1) is 19.3. The molecule has 0 saturated carbocycles. The van der Waals surface area contributed by atoms with Gasteiger partial charge < -0.3 is 9.64 Å². The summed E-state index contributed by atoms with van der Waals surface area (Å²) in [6.45, 7) is 2.77. The topological polar surface area (TPSA) is 83.0 Å². The SMILES string of the molecule is COc1ccc(Cn2nc3nc(N4[C@@H]5CC[C@H]4C[C@H](C)C5)n(C)c(=O)c3c2-c2ccc3nn(C)cc3c2Cl)cc1. The number of aryl methyl sites for hydroxylation is 1. The number of anilines is 1. The zero-order chi connectivity index (χ0) is 27.7. The maximum Gasteiger partial charge on any atom is 0.266 e. The molecule has 2 fully saturated rings. The van der Waals surface area contributed by atoms with Crippen molar-refractivity contribution < 1.29 is 4.74 Å². The third-order valence-corrected chi connectivity index (χ3v) is 9.05. The Kier molecular flexibility index (Phi) is 5.89. The van der Waals surface area contributed by atoms with E-state index in [-0.39, 0.29) is 5.56 Å². The summed E-state index contributed by atoms with van der Waals surface area (Å²) in [7, 11) is 5.35. The number of aromatic nitrogens is 6. The molecule has 10 heteroatoms. The summed E-state index contributed by atoms with van der Waals surface area (Å²) in [6.07, 6.45) is 6.43. The molecule has 2 bridgehead atoms. The van der Waals surface area contributed by atoms with Gasteiger partial charge in [0.1, 0.15) is 11.1 Å². The second-order valence-electron chi connectivity index (χ2n) is 11.4. The fourth-order valence-corrected chi connectivity index (χ4v) is 7.11. The fraction of sp³-hybridized carbons (Fsp3) is 0.400. The number of benzene rings is 2. The summed E-state index contributed by atoms with van der Waals surface area (Å²) >= 11 is 7.02. The maximum atomic E-state index is 14.2. The molecular weight excluding hydrogens is 526 g/mol. The number of rotatable bonds is 5. The molecule has 7 rings (SSSR count). The molecule has 0 radical (unpaired) electrons. The number of hydrogen-bond donors (Lipinski definition) is 0. The van der Waals surface area contributed by atoms with Gasteiger partial charge in [-0.1, -0.05) is 30.7 Å². The lowest BCUT2D eigenvalue weighted by molar-refractivity contribution is 0.356. The molecule has 5 aromatic rings. The minimum absolute atomic E-state index is 0.114. The smallest absolute Gasteiger partial charge is 0.266 e. The predicted molar refractivity (Wildman–Crippen MR) is 157 cm³/mol. The highest BCUT2D eigenvalue weighted by Crippen LogP contribution is 2.42. The molecule has 40 heavy (non-hydrogen) atoms. The van der Waals surface area contributed by atoms with Crippen LogP contribution in [0.5, 0.6) is 5.75 Å². The second kappa shape index (κ2) is 9.37. The van der Waals surface area contributed by atoms with E-state index in [0.717, 1.165) is 53.5 Å².